The number of rotatable bonds is 4. The Hall–Kier alpha value is -0.280. The topological polar surface area (TPSA) is 49.3 Å². The highest BCUT2D eigenvalue weighted by atomic mass is 35.5. The smallest absolute Gasteiger partial charge is 0.317 e. The number of hydrogen-bond donors (Lipinski definition) is 2. The fourth-order valence-electron chi connectivity index (χ4n) is 0.440. The van der Waals surface area contributed by atoms with Gasteiger partial charge in [0.05, 0.1) is 6.54 Å². The van der Waals surface area contributed by atoms with E-state index in [1.54, 1.807) is 0 Å². The molecule has 0 saturated carbocycles. The molecular formula is C7H16ClNO2. The lowest BCUT2D eigenvalue weighted by Crippen LogP contribution is -2.41. The second-order valence-corrected chi connectivity index (χ2v) is 2.98. The van der Waals surface area contributed by atoms with Crippen molar-refractivity contribution in [3.05, 3.63) is 0 Å². The van der Waals surface area contributed by atoms with Gasteiger partial charge in [-0.25, -0.2) is 0 Å². The third kappa shape index (κ3) is 7.62. The molecule has 4 heteroatoms. The summed E-state index contributed by atoms with van der Waals surface area (Å²) in [4.78, 5) is 10.1. The number of hydrogen-bond acceptors (Lipinski definition) is 2. The van der Waals surface area contributed by atoms with E-state index in [2.05, 4.69) is 5.32 Å². The first-order valence-corrected chi connectivity index (χ1v) is 3.45. The van der Waals surface area contributed by atoms with Gasteiger partial charge in [-0.05, 0) is 20.3 Å². The molecule has 11 heavy (non-hydrogen) atoms. The van der Waals surface area contributed by atoms with Crippen LogP contribution in [0.15, 0.2) is 0 Å². The molecule has 0 aliphatic carbocycles. The molecule has 0 unspecified atom stereocenters. The maximum atomic E-state index is 10.1. The molecule has 0 rings (SSSR count). The molecule has 0 atom stereocenters. The SMILES string of the molecule is CCC(C)(C)NCC(=O)O.Cl. The Kier molecular flexibility index (Phi) is 6.52. The average molecular weight is 182 g/mol. The van der Waals surface area contributed by atoms with Crippen molar-refractivity contribution in [3.8, 4) is 0 Å². The molecular weight excluding hydrogens is 166 g/mol. The van der Waals surface area contributed by atoms with Gasteiger partial charge in [0, 0.05) is 5.54 Å². The Bertz CT molecular complexity index is 126. The predicted molar refractivity (Wildman–Crippen MR) is 47.3 cm³/mol. The number of aliphatic carboxylic acids is 1. The molecule has 0 aromatic carbocycles. The van der Waals surface area contributed by atoms with E-state index in [4.69, 9.17) is 5.11 Å². The van der Waals surface area contributed by atoms with Crippen LogP contribution in [0.4, 0.5) is 0 Å². The fraction of sp³-hybridized carbons (Fsp3) is 0.857. The van der Waals surface area contributed by atoms with Crippen molar-refractivity contribution in [3.63, 3.8) is 0 Å². The Morgan fingerprint density at radius 3 is 2.27 bits per heavy atom. The predicted octanol–water partition coefficient (Wildman–Crippen LogP) is 1.27. The Balaban J connectivity index is 0. The van der Waals surface area contributed by atoms with Crippen molar-refractivity contribution < 1.29 is 9.90 Å². The summed E-state index contributed by atoms with van der Waals surface area (Å²) in [5.74, 6) is -0.804. The van der Waals surface area contributed by atoms with Crippen molar-refractivity contribution in [2.24, 2.45) is 0 Å². The molecule has 3 nitrogen and oxygen atoms in total. The first-order chi connectivity index (χ1) is 4.48. The quantitative estimate of drug-likeness (QED) is 0.687. The van der Waals surface area contributed by atoms with Crippen LogP contribution in [0.2, 0.25) is 0 Å². The van der Waals surface area contributed by atoms with Crippen molar-refractivity contribution in [2.45, 2.75) is 32.7 Å². The number of nitrogens with one attached hydrogen (secondary N) is 1. The lowest BCUT2D eigenvalue weighted by molar-refractivity contribution is -0.136. The van der Waals surface area contributed by atoms with Crippen molar-refractivity contribution >= 4 is 18.4 Å². The van der Waals surface area contributed by atoms with E-state index in [-0.39, 0.29) is 24.5 Å². The van der Waals surface area contributed by atoms with E-state index in [9.17, 15) is 4.79 Å². The monoisotopic (exact) mass is 181 g/mol. The Morgan fingerprint density at radius 2 is 2.00 bits per heavy atom. The molecule has 0 aromatic rings. The summed E-state index contributed by atoms with van der Waals surface area (Å²) in [7, 11) is 0. The normalized spacial score (nSPS) is 10.5. The zero-order valence-corrected chi connectivity index (χ0v) is 7.99. The van der Waals surface area contributed by atoms with E-state index in [0.29, 0.717) is 0 Å². The highest BCUT2D eigenvalue weighted by molar-refractivity contribution is 5.85. The first-order valence-electron chi connectivity index (χ1n) is 3.45. The summed E-state index contributed by atoms with van der Waals surface area (Å²) in [5, 5.41) is 11.2. The number of carbonyl (C=O) groups is 1. The maximum absolute atomic E-state index is 10.1. The molecule has 0 heterocycles. The molecule has 0 bridgehead atoms. The third-order valence-electron chi connectivity index (χ3n) is 1.60. The van der Waals surface area contributed by atoms with Crippen molar-refractivity contribution in [1.29, 1.82) is 0 Å². The largest absolute Gasteiger partial charge is 0.480 e. The van der Waals surface area contributed by atoms with Crippen LogP contribution >= 0.6 is 12.4 Å². The summed E-state index contributed by atoms with van der Waals surface area (Å²) in [6, 6.07) is 0. The van der Waals surface area contributed by atoms with Crippen molar-refractivity contribution in [2.75, 3.05) is 6.54 Å². The van der Waals surface area contributed by atoms with E-state index >= 15 is 0 Å². The zero-order valence-electron chi connectivity index (χ0n) is 7.18. The molecule has 0 fully saturated rings. The minimum Gasteiger partial charge on any atom is -0.480 e. The van der Waals surface area contributed by atoms with Gasteiger partial charge in [0.2, 0.25) is 0 Å². The van der Waals surface area contributed by atoms with Gasteiger partial charge in [0.15, 0.2) is 0 Å². The highest BCUT2D eigenvalue weighted by Crippen LogP contribution is 2.05. The molecule has 0 amide bonds. The van der Waals surface area contributed by atoms with Gasteiger partial charge in [-0.1, -0.05) is 6.92 Å². The third-order valence-corrected chi connectivity index (χ3v) is 1.60. The molecule has 0 saturated heterocycles. The highest BCUT2D eigenvalue weighted by Gasteiger charge is 2.14. The van der Waals surface area contributed by atoms with Crippen LogP contribution in [0, 0.1) is 0 Å². The van der Waals surface area contributed by atoms with Crippen LogP contribution in [-0.4, -0.2) is 23.2 Å². The second-order valence-electron chi connectivity index (χ2n) is 2.98. The van der Waals surface area contributed by atoms with Crippen LogP contribution in [0.1, 0.15) is 27.2 Å². The summed E-state index contributed by atoms with van der Waals surface area (Å²) >= 11 is 0. The molecule has 0 aliphatic heterocycles. The fourth-order valence-corrected chi connectivity index (χ4v) is 0.440. The Morgan fingerprint density at radius 1 is 1.55 bits per heavy atom. The van der Waals surface area contributed by atoms with Crippen LogP contribution in [0.25, 0.3) is 0 Å². The summed E-state index contributed by atoms with van der Waals surface area (Å²) in [6.07, 6.45) is 0.931. The minimum absolute atomic E-state index is 0. The van der Waals surface area contributed by atoms with Gasteiger partial charge in [-0.2, -0.15) is 0 Å². The molecule has 0 radical (unpaired) electrons. The minimum atomic E-state index is -0.804. The molecule has 2 N–H and O–H groups in total. The number of carboxylic acid groups (broad SMARTS) is 1. The second kappa shape index (κ2) is 5.38. The standard InChI is InChI=1S/C7H15NO2.ClH/c1-4-7(2,3)8-5-6(9)10;/h8H,4-5H2,1-3H3,(H,9,10);1H. The number of halogens is 1. The lowest BCUT2D eigenvalue weighted by Gasteiger charge is -2.22. The van der Waals surface area contributed by atoms with Gasteiger partial charge in [-0.3, -0.25) is 4.79 Å². The van der Waals surface area contributed by atoms with E-state index in [0.717, 1.165) is 6.42 Å². The first kappa shape index (κ1) is 13.3. The molecule has 0 spiro atoms. The van der Waals surface area contributed by atoms with Gasteiger partial charge in [0.25, 0.3) is 0 Å². The summed E-state index contributed by atoms with van der Waals surface area (Å²) in [5.41, 5.74) is -0.0572. The molecule has 68 valence electrons. The van der Waals surface area contributed by atoms with Gasteiger partial charge in [0.1, 0.15) is 0 Å². The maximum Gasteiger partial charge on any atom is 0.317 e. The van der Waals surface area contributed by atoms with E-state index in [1.807, 2.05) is 20.8 Å². The zero-order chi connectivity index (χ0) is 8.20. The van der Waals surface area contributed by atoms with Gasteiger partial charge < -0.3 is 10.4 Å². The summed E-state index contributed by atoms with van der Waals surface area (Å²) in [6.45, 7) is 6.03. The molecule has 0 aromatic heterocycles. The van der Waals surface area contributed by atoms with Crippen molar-refractivity contribution in [1.82, 2.24) is 5.32 Å². The van der Waals surface area contributed by atoms with Gasteiger partial charge in [-0.15, -0.1) is 12.4 Å². The number of carboxylic acids is 1. The average Bonchev–Trinajstić information content (AvgIpc) is 1.85. The van der Waals surface area contributed by atoms with E-state index in [1.165, 1.54) is 0 Å². The van der Waals surface area contributed by atoms with Crippen LogP contribution in [0.5, 0.6) is 0 Å². The van der Waals surface area contributed by atoms with Crippen LogP contribution < -0.4 is 5.32 Å². The summed E-state index contributed by atoms with van der Waals surface area (Å²) < 4.78 is 0. The van der Waals surface area contributed by atoms with Crippen LogP contribution in [-0.2, 0) is 4.79 Å². The Labute approximate surface area is 73.6 Å². The van der Waals surface area contributed by atoms with E-state index < -0.39 is 5.97 Å². The van der Waals surface area contributed by atoms with Gasteiger partial charge >= 0.3 is 5.97 Å². The molecule has 0 aliphatic rings. The van der Waals surface area contributed by atoms with Crippen LogP contribution in [0.3, 0.4) is 0 Å². The lowest BCUT2D eigenvalue weighted by atomic mass is 10.0.